The van der Waals surface area contributed by atoms with E-state index in [1.54, 1.807) is 13.0 Å². The van der Waals surface area contributed by atoms with E-state index in [0.29, 0.717) is 17.1 Å². The van der Waals surface area contributed by atoms with Crippen LogP contribution in [0.25, 0.3) is 0 Å². The van der Waals surface area contributed by atoms with Gasteiger partial charge in [0.25, 0.3) is 5.91 Å². The molecule has 1 aromatic rings. The fraction of sp³-hybridized carbons (Fsp3) is 0.333. The van der Waals surface area contributed by atoms with E-state index >= 15 is 0 Å². The van der Waals surface area contributed by atoms with Crippen molar-refractivity contribution in [1.29, 1.82) is 0 Å². The fourth-order valence-corrected chi connectivity index (χ4v) is 1.73. The summed E-state index contributed by atoms with van der Waals surface area (Å²) < 4.78 is 10.1. The minimum atomic E-state index is -1.11. The fourth-order valence-electron chi connectivity index (χ4n) is 1.73. The van der Waals surface area contributed by atoms with E-state index in [1.807, 2.05) is 0 Å². The van der Waals surface area contributed by atoms with Crippen LogP contribution in [0.2, 0.25) is 0 Å². The molecular formula is C15H19NO5. The van der Waals surface area contributed by atoms with Crippen LogP contribution in [0.4, 0.5) is 0 Å². The Hall–Kier alpha value is -2.50. The number of amides is 1. The van der Waals surface area contributed by atoms with Gasteiger partial charge in [-0.05, 0) is 25.5 Å². The highest BCUT2D eigenvalue weighted by Crippen LogP contribution is 2.22. The van der Waals surface area contributed by atoms with E-state index < -0.39 is 17.9 Å². The van der Waals surface area contributed by atoms with Gasteiger partial charge in [-0.3, -0.25) is 4.79 Å². The molecule has 0 saturated heterocycles. The topological polar surface area (TPSA) is 84.9 Å². The highest BCUT2D eigenvalue weighted by atomic mass is 16.5. The molecule has 0 aliphatic heterocycles. The molecule has 0 radical (unpaired) electrons. The first kappa shape index (κ1) is 16.6. The standard InChI is InChI=1S/C15H19NO5/c1-9(2)5-13(15(18)19)16-14(17)10-6-11(20-3)8-12(7-10)21-4/h6-8,13H,1,5H2,2-4H3,(H,16,17)(H,18,19). The van der Waals surface area contributed by atoms with Crippen LogP contribution in [-0.4, -0.2) is 37.2 Å². The van der Waals surface area contributed by atoms with Gasteiger partial charge in [-0.25, -0.2) is 4.79 Å². The summed E-state index contributed by atoms with van der Waals surface area (Å²) in [5, 5.41) is 11.6. The number of rotatable bonds is 7. The second kappa shape index (κ2) is 7.33. The van der Waals surface area contributed by atoms with E-state index in [1.165, 1.54) is 26.4 Å². The molecule has 0 aromatic heterocycles. The molecule has 6 nitrogen and oxygen atoms in total. The van der Waals surface area contributed by atoms with E-state index in [9.17, 15) is 9.59 Å². The molecule has 21 heavy (non-hydrogen) atoms. The van der Waals surface area contributed by atoms with Gasteiger partial charge in [0.1, 0.15) is 17.5 Å². The van der Waals surface area contributed by atoms with E-state index in [0.717, 1.165) is 0 Å². The molecule has 0 heterocycles. The van der Waals surface area contributed by atoms with Crippen LogP contribution in [0.3, 0.4) is 0 Å². The summed E-state index contributed by atoms with van der Waals surface area (Å²) in [5.74, 6) is -0.723. The first-order valence-electron chi connectivity index (χ1n) is 6.28. The second-order valence-electron chi connectivity index (χ2n) is 4.63. The normalized spacial score (nSPS) is 11.4. The predicted octanol–water partition coefficient (Wildman–Crippen LogP) is 1.85. The van der Waals surface area contributed by atoms with Crippen molar-refractivity contribution in [3.63, 3.8) is 0 Å². The third kappa shape index (κ3) is 4.83. The van der Waals surface area contributed by atoms with Gasteiger partial charge in [0.2, 0.25) is 0 Å². The summed E-state index contributed by atoms with van der Waals surface area (Å²) in [6.07, 6.45) is 0.169. The van der Waals surface area contributed by atoms with Gasteiger partial charge in [-0.2, -0.15) is 0 Å². The number of hydrogen-bond donors (Lipinski definition) is 2. The van der Waals surface area contributed by atoms with Gasteiger partial charge >= 0.3 is 5.97 Å². The molecule has 1 amide bonds. The molecule has 0 aliphatic rings. The third-order valence-corrected chi connectivity index (χ3v) is 2.77. The minimum absolute atomic E-state index is 0.169. The number of nitrogens with one attached hydrogen (secondary N) is 1. The lowest BCUT2D eigenvalue weighted by Gasteiger charge is -2.15. The number of aliphatic carboxylic acids is 1. The van der Waals surface area contributed by atoms with Crippen molar-refractivity contribution < 1.29 is 24.2 Å². The zero-order valence-electron chi connectivity index (χ0n) is 12.3. The Bertz CT molecular complexity index is 531. The number of carboxylic acids is 1. The zero-order chi connectivity index (χ0) is 16.0. The maximum absolute atomic E-state index is 12.2. The van der Waals surface area contributed by atoms with Crippen LogP contribution in [0.15, 0.2) is 30.4 Å². The Kier molecular flexibility index (Phi) is 5.78. The number of carbonyl (C=O) groups excluding carboxylic acids is 1. The summed E-state index contributed by atoms with van der Waals surface area (Å²) >= 11 is 0. The molecule has 0 aliphatic carbocycles. The van der Waals surface area contributed by atoms with Gasteiger partial charge in [-0.15, -0.1) is 6.58 Å². The molecule has 1 aromatic carbocycles. The van der Waals surface area contributed by atoms with Gasteiger partial charge in [0, 0.05) is 11.6 Å². The van der Waals surface area contributed by atoms with Crippen molar-refractivity contribution in [2.75, 3.05) is 14.2 Å². The largest absolute Gasteiger partial charge is 0.497 e. The van der Waals surface area contributed by atoms with Gasteiger partial charge < -0.3 is 19.9 Å². The number of carbonyl (C=O) groups is 2. The van der Waals surface area contributed by atoms with Crippen LogP contribution in [0.5, 0.6) is 11.5 Å². The lowest BCUT2D eigenvalue weighted by molar-refractivity contribution is -0.139. The Morgan fingerprint density at radius 3 is 2.14 bits per heavy atom. The molecule has 0 spiro atoms. The number of benzene rings is 1. The molecular weight excluding hydrogens is 274 g/mol. The number of ether oxygens (including phenoxy) is 2. The van der Waals surface area contributed by atoms with Crippen molar-refractivity contribution in [2.24, 2.45) is 0 Å². The van der Waals surface area contributed by atoms with Crippen molar-refractivity contribution in [3.05, 3.63) is 35.9 Å². The van der Waals surface area contributed by atoms with Gasteiger partial charge in [0.15, 0.2) is 0 Å². The first-order chi connectivity index (χ1) is 9.87. The minimum Gasteiger partial charge on any atom is -0.497 e. The summed E-state index contributed by atoms with van der Waals surface area (Å²) in [7, 11) is 2.94. The quantitative estimate of drug-likeness (QED) is 0.749. The van der Waals surface area contributed by atoms with Crippen molar-refractivity contribution >= 4 is 11.9 Å². The van der Waals surface area contributed by atoms with Crippen LogP contribution >= 0.6 is 0 Å². The molecule has 1 rings (SSSR count). The average Bonchev–Trinajstić information content (AvgIpc) is 2.45. The SMILES string of the molecule is C=C(C)CC(NC(=O)c1cc(OC)cc(OC)c1)C(=O)O. The molecule has 1 unspecified atom stereocenters. The lowest BCUT2D eigenvalue weighted by atomic mass is 10.1. The molecule has 0 fully saturated rings. The van der Waals surface area contributed by atoms with Crippen LogP contribution in [-0.2, 0) is 4.79 Å². The van der Waals surface area contributed by atoms with Crippen LogP contribution < -0.4 is 14.8 Å². The van der Waals surface area contributed by atoms with Gasteiger partial charge in [0.05, 0.1) is 14.2 Å². The summed E-state index contributed by atoms with van der Waals surface area (Å²) in [6, 6.07) is 3.63. The van der Waals surface area contributed by atoms with Crippen molar-refractivity contribution in [1.82, 2.24) is 5.32 Å². The Morgan fingerprint density at radius 2 is 1.76 bits per heavy atom. The average molecular weight is 293 g/mol. The maximum Gasteiger partial charge on any atom is 0.326 e. The zero-order valence-corrected chi connectivity index (χ0v) is 12.3. The van der Waals surface area contributed by atoms with Crippen LogP contribution in [0.1, 0.15) is 23.7 Å². The molecule has 0 bridgehead atoms. The lowest BCUT2D eigenvalue weighted by Crippen LogP contribution is -2.40. The Labute approximate surface area is 123 Å². The van der Waals surface area contributed by atoms with E-state index in [-0.39, 0.29) is 12.0 Å². The van der Waals surface area contributed by atoms with E-state index in [4.69, 9.17) is 14.6 Å². The smallest absolute Gasteiger partial charge is 0.326 e. The number of hydrogen-bond acceptors (Lipinski definition) is 4. The first-order valence-corrected chi connectivity index (χ1v) is 6.28. The van der Waals surface area contributed by atoms with Gasteiger partial charge in [-0.1, -0.05) is 5.57 Å². The molecule has 0 saturated carbocycles. The maximum atomic E-state index is 12.2. The predicted molar refractivity (Wildman–Crippen MR) is 77.9 cm³/mol. The summed E-state index contributed by atoms with van der Waals surface area (Å²) in [4.78, 5) is 23.3. The summed E-state index contributed by atoms with van der Waals surface area (Å²) in [6.45, 7) is 5.36. The van der Waals surface area contributed by atoms with Crippen LogP contribution in [0, 0.1) is 0 Å². The second-order valence-corrected chi connectivity index (χ2v) is 4.63. The van der Waals surface area contributed by atoms with Crippen molar-refractivity contribution in [3.8, 4) is 11.5 Å². The highest BCUT2D eigenvalue weighted by molar-refractivity contribution is 5.97. The number of carboxylic acid groups (broad SMARTS) is 1. The van der Waals surface area contributed by atoms with Crippen molar-refractivity contribution in [2.45, 2.75) is 19.4 Å². The number of methoxy groups -OCH3 is 2. The Morgan fingerprint density at radius 1 is 1.24 bits per heavy atom. The highest BCUT2D eigenvalue weighted by Gasteiger charge is 2.21. The molecule has 1 atom stereocenters. The molecule has 2 N–H and O–H groups in total. The third-order valence-electron chi connectivity index (χ3n) is 2.77. The summed E-state index contributed by atoms with van der Waals surface area (Å²) in [5.41, 5.74) is 0.935. The van der Waals surface area contributed by atoms with E-state index in [2.05, 4.69) is 11.9 Å². The Balaban J connectivity index is 2.96. The molecule has 6 heteroatoms. The molecule has 114 valence electrons. The monoisotopic (exact) mass is 293 g/mol.